The van der Waals surface area contributed by atoms with Gasteiger partial charge in [0.05, 0.1) is 0 Å². The fraction of sp³-hybridized carbons (Fsp3) is 0.192. The van der Waals surface area contributed by atoms with Crippen molar-refractivity contribution in [2.75, 3.05) is 36.4 Å². The molecule has 0 unspecified atom stereocenters. The van der Waals surface area contributed by atoms with Crippen molar-refractivity contribution in [3.8, 4) is 0 Å². The van der Waals surface area contributed by atoms with Crippen LogP contribution in [0.1, 0.15) is 26.3 Å². The van der Waals surface area contributed by atoms with Crippen molar-refractivity contribution < 1.29 is 9.59 Å². The fourth-order valence-corrected chi connectivity index (χ4v) is 4.38. The lowest BCUT2D eigenvalue weighted by molar-refractivity contribution is 0.0746. The number of rotatable bonds is 4. The highest BCUT2D eigenvalue weighted by Crippen LogP contribution is 2.20. The Morgan fingerprint density at radius 3 is 2.21 bits per heavy atom. The normalized spacial score (nSPS) is 13.4. The zero-order valence-electron chi connectivity index (χ0n) is 18.8. The van der Waals surface area contributed by atoms with E-state index in [1.807, 2.05) is 66.4 Å². The maximum atomic E-state index is 12.7. The number of amides is 2. The average molecular weight is 537 g/mol. The molecule has 1 saturated heterocycles. The Labute approximate surface area is 213 Å². The number of nitrogens with zero attached hydrogens (tertiary/aromatic N) is 2. The molecule has 2 amide bonds. The highest BCUT2D eigenvalue weighted by atomic mass is 79.9. The Kier molecular flexibility index (Phi) is 7.59. The van der Waals surface area contributed by atoms with Crippen LogP contribution in [-0.2, 0) is 0 Å². The summed E-state index contributed by atoms with van der Waals surface area (Å²) in [6.07, 6.45) is 0. The number of carbonyl (C=O) groups is 2. The van der Waals surface area contributed by atoms with Gasteiger partial charge in [-0.1, -0.05) is 39.7 Å². The van der Waals surface area contributed by atoms with E-state index in [1.54, 1.807) is 18.2 Å². The van der Waals surface area contributed by atoms with Crippen LogP contribution in [0.25, 0.3) is 0 Å². The predicted octanol–water partition coefficient (Wildman–Crippen LogP) is 4.85. The van der Waals surface area contributed by atoms with Crippen molar-refractivity contribution >= 4 is 56.4 Å². The van der Waals surface area contributed by atoms with E-state index in [9.17, 15) is 9.59 Å². The van der Waals surface area contributed by atoms with Crippen LogP contribution >= 0.6 is 28.1 Å². The van der Waals surface area contributed by atoms with Crippen molar-refractivity contribution in [3.05, 3.63) is 94.0 Å². The molecule has 1 aliphatic rings. The van der Waals surface area contributed by atoms with Crippen molar-refractivity contribution in [2.24, 2.45) is 0 Å². The molecule has 3 aromatic rings. The summed E-state index contributed by atoms with van der Waals surface area (Å²) in [4.78, 5) is 29.2. The van der Waals surface area contributed by atoms with Gasteiger partial charge in [-0.05, 0) is 73.7 Å². The van der Waals surface area contributed by atoms with Gasteiger partial charge in [-0.2, -0.15) is 0 Å². The Morgan fingerprint density at radius 1 is 0.882 bits per heavy atom. The summed E-state index contributed by atoms with van der Waals surface area (Å²) >= 11 is 8.65. The van der Waals surface area contributed by atoms with Crippen molar-refractivity contribution in [1.29, 1.82) is 0 Å². The van der Waals surface area contributed by atoms with E-state index in [0.717, 1.165) is 40.1 Å². The van der Waals surface area contributed by atoms with Gasteiger partial charge in [0.1, 0.15) is 0 Å². The van der Waals surface area contributed by atoms with Crippen LogP contribution in [0.5, 0.6) is 0 Å². The fourth-order valence-electron chi connectivity index (χ4n) is 3.77. The number of benzene rings is 3. The summed E-state index contributed by atoms with van der Waals surface area (Å²) in [6, 6.07) is 22.7. The SMILES string of the molecule is Cc1ccc(C(=O)N2CCN(c3ccc(NC(=S)NC(=O)c4cccc(Br)c4)cc3)CC2)cc1. The number of nitrogens with one attached hydrogen (secondary N) is 2. The van der Waals surface area contributed by atoms with Gasteiger partial charge in [0.15, 0.2) is 5.11 Å². The lowest BCUT2D eigenvalue weighted by Gasteiger charge is -2.36. The highest BCUT2D eigenvalue weighted by Gasteiger charge is 2.22. The second-order valence-electron chi connectivity index (χ2n) is 8.11. The Bertz CT molecular complexity index is 1190. The molecule has 1 aliphatic heterocycles. The number of halogens is 1. The molecule has 4 rings (SSSR count). The largest absolute Gasteiger partial charge is 0.368 e. The van der Waals surface area contributed by atoms with Crippen LogP contribution < -0.4 is 15.5 Å². The molecule has 2 N–H and O–H groups in total. The molecule has 1 heterocycles. The molecular formula is C26H25BrN4O2S. The van der Waals surface area contributed by atoms with Gasteiger partial charge in [0, 0.05) is 53.2 Å². The third-order valence-electron chi connectivity index (χ3n) is 5.67. The number of hydrogen-bond donors (Lipinski definition) is 2. The maximum absolute atomic E-state index is 12.7. The molecule has 0 atom stereocenters. The van der Waals surface area contributed by atoms with Gasteiger partial charge < -0.3 is 15.1 Å². The van der Waals surface area contributed by atoms with Crippen LogP contribution in [0, 0.1) is 6.92 Å². The topological polar surface area (TPSA) is 64.7 Å². The lowest BCUT2D eigenvalue weighted by Crippen LogP contribution is -2.48. The molecule has 0 aromatic heterocycles. The molecule has 0 aliphatic carbocycles. The summed E-state index contributed by atoms with van der Waals surface area (Å²) in [6.45, 7) is 4.91. The quantitative estimate of drug-likeness (QED) is 0.467. The number of aryl methyl sites for hydroxylation is 1. The van der Waals surface area contributed by atoms with E-state index in [4.69, 9.17) is 12.2 Å². The molecule has 174 valence electrons. The smallest absolute Gasteiger partial charge is 0.257 e. The molecule has 8 heteroatoms. The standard InChI is InChI=1S/C26H25BrN4O2S/c1-18-5-7-19(8-6-18)25(33)31-15-13-30(14-16-31)23-11-9-22(10-12-23)28-26(34)29-24(32)20-3-2-4-21(27)17-20/h2-12,17H,13-16H2,1H3,(H2,28,29,32,34). The van der Waals surface area contributed by atoms with Gasteiger partial charge in [-0.3, -0.25) is 14.9 Å². The first kappa shape index (κ1) is 23.9. The number of piperazine rings is 1. The van der Waals surface area contributed by atoms with Crippen LogP contribution in [0.15, 0.2) is 77.3 Å². The van der Waals surface area contributed by atoms with Crippen molar-refractivity contribution in [1.82, 2.24) is 10.2 Å². The number of hydrogen-bond acceptors (Lipinski definition) is 4. The van der Waals surface area contributed by atoms with Crippen LogP contribution in [0.2, 0.25) is 0 Å². The van der Waals surface area contributed by atoms with Gasteiger partial charge in [-0.25, -0.2) is 0 Å². The highest BCUT2D eigenvalue weighted by molar-refractivity contribution is 9.10. The van der Waals surface area contributed by atoms with Gasteiger partial charge in [0.25, 0.3) is 11.8 Å². The molecule has 1 fully saturated rings. The molecule has 6 nitrogen and oxygen atoms in total. The summed E-state index contributed by atoms with van der Waals surface area (Å²) in [5.41, 5.74) is 4.27. The zero-order valence-corrected chi connectivity index (χ0v) is 21.2. The second kappa shape index (κ2) is 10.8. The lowest BCUT2D eigenvalue weighted by atomic mass is 10.1. The molecule has 0 bridgehead atoms. The zero-order chi connectivity index (χ0) is 24.1. The first-order valence-corrected chi connectivity index (χ1v) is 12.2. The van der Waals surface area contributed by atoms with Crippen LogP contribution in [0.4, 0.5) is 11.4 Å². The van der Waals surface area contributed by atoms with Crippen molar-refractivity contribution in [3.63, 3.8) is 0 Å². The molecule has 3 aromatic carbocycles. The minimum Gasteiger partial charge on any atom is -0.368 e. The maximum Gasteiger partial charge on any atom is 0.257 e. The van der Waals surface area contributed by atoms with E-state index in [0.29, 0.717) is 18.7 Å². The Hall–Kier alpha value is -3.23. The van der Waals surface area contributed by atoms with E-state index in [1.165, 1.54) is 0 Å². The number of anilines is 2. The number of thiocarbonyl (C=S) groups is 1. The Balaban J connectivity index is 1.28. The second-order valence-corrected chi connectivity index (χ2v) is 9.43. The van der Waals surface area contributed by atoms with Crippen molar-refractivity contribution in [2.45, 2.75) is 6.92 Å². The first-order chi connectivity index (χ1) is 16.4. The monoisotopic (exact) mass is 536 g/mol. The summed E-state index contributed by atoms with van der Waals surface area (Å²) in [7, 11) is 0. The number of carbonyl (C=O) groups excluding carboxylic acids is 2. The summed E-state index contributed by atoms with van der Waals surface area (Å²) in [5, 5.41) is 5.98. The first-order valence-electron chi connectivity index (χ1n) is 11.0. The van der Waals surface area contributed by atoms with Crippen LogP contribution in [0.3, 0.4) is 0 Å². The molecule has 0 saturated carbocycles. The van der Waals surface area contributed by atoms with E-state index in [2.05, 4.69) is 31.5 Å². The minimum absolute atomic E-state index is 0.0811. The van der Waals surface area contributed by atoms with Gasteiger partial charge >= 0.3 is 0 Å². The predicted molar refractivity (Wildman–Crippen MR) is 144 cm³/mol. The van der Waals surface area contributed by atoms with Gasteiger partial charge in [0.2, 0.25) is 0 Å². The molecule has 0 spiro atoms. The Morgan fingerprint density at radius 2 is 1.56 bits per heavy atom. The molecular weight excluding hydrogens is 512 g/mol. The summed E-state index contributed by atoms with van der Waals surface area (Å²) in [5.74, 6) is -0.189. The summed E-state index contributed by atoms with van der Waals surface area (Å²) < 4.78 is 0.829. The molecule has 0 radical (unpaired) electrons. The third kappa shape index (κ3) is 6.01. The molecule has 34 heavy (non-hydrogen) atoms. The van der Waals surface area contributed by atoms with Crippen LogP contribution in [-0.4, -0.2) is 48.0 Å². The van der Waals surface area contributed by atoms with E-state index >= 15 is 0 Å². The van der Waals surface area contributed by atoms with E-state index < -0.39 is 0 Å². The minimum atomic E-state index is -0.270. The van der Waals surface area contributed by atoms with Gasteiger partial charge in [-0.15, -0.1) is 0 Å². The third-order valence-corrected chi connectivity index (χ3v) is 6.37. The average Bonchev–Trinajstić information content (AvgIpc) is 2.84. The van der Waals surface area contributed by atoms with E-state index in [-0.39, 0.29) is 16.9 Å².